The van der Waals surface area contributed by atoms with E-state index in [2.05, 4.69) is 15.9 Å². The number of benzene rings is 1. The molecule has 1 aliphatic rings. The van der Waals surface area contributed by atoms with Crippen molar-refractivity contribution in [1.29, 1.82) is 0 Å². The molecule has 0 saturated carbocycles. The van der Waals surface area contributed by atoms with Crippen molar-refractivity contribution >= 4 is 27.5 Å². The normalized spacial score (nSPS) is 20.5. The van der Waals surface area contributed by atoms with Crippen molar-refractivity contribution in [3.8, 4) is 0 Å². The number of halogens is 1. The van der Waals surface area contributed by atoms with Gasteiger partial charge in [-0.3, -0.25) is 4.79 Å². The monoisotopic (exact) mass is 284 g/mol. The molecule has 0 spiro atoms. The first-order valence-corrected chi connectivity index (χ1v) is 5.88. The molecule has 0 aliphatic carbocycles. The van der Waals surface area contributed by atoms with Crippen LogP contribution in [-0.2, 0) is 11.3 Å². The molecule has 4 nitrogen and oxygen atoms in total. The number of hydrogen-bond donors (Lipinski definition) is 2. The van der Waals surface area contributed by atoms with Crippen LogP contribution in [0.25, 0.3) is 0 Å². The summed E-state index contributed by atoms with van der Waals surface area (Å²) >= 11 is 3.36. The number of rotatable bonds is 2. The summed E-state index contributed by atoms with van der Waals surface area (Å²) in [5, 5.41) is 9.34. The molecule has 1 amide bonds. The van der Waals surface area contributed by atoms with Crippen molar-refractivity contribution in [2.24, 2.45) is 0 Å². The molecular weight excluding hydrogens is 272 g/mol. The summed E-state index contributed by atoms with van der Waals surface area (Å²) in [6.07, 6.45) is -0.333. The maximum atomic E-state index is 11.5. The zero-order valence-corrected chi connectivity index (χ0v) is 10.3. The molecule has 1 aromatic carbocycles. The van der Waals surface area contributed by atoms with Gasteiger partial charge >= 0.3 is 0 Å². The van der Waals surface area contributed by atoms with Crippen LogP contribution in [0.15, 0.2) is 22.7 Å². The Bertz CT molecular complexity index is 422. The SMILES string of the molecule is Nc1ccc(Br)cc1CN1CC[C@H](O)C1=O. The summed E-state index contributed by atoms with van der Waals surface area (Å²) < 4.78 is 0.934. The predicted octanol–water partition coefficient (Wildman–Crippen LogP) is 1.12. The van der Waals surface area contributed by atoms with Gasteiger partial charge in [-0.05, 0) is 30.2 Å². The number of likely N-dealkylation sites (tertiary alicyclic amines) is 1. The topological polar surface area (TPSA) is 66.6 Å². The molecule has 0 unspecified atom stereocenters. The summed E-state index contributed by atoms with van der Waals surface area (Å²) in [5.41, 5.74) is 7.39. The average Bonchev–Trinajstić information content (AvgIpc) is 2.55. The van der Waals surface area contributed by atoms with E-state index in [0.717, 1.165) is 10.0 Å². The maximum absolute atomic E-state index is 11.5. The van der Waals surface area contributed by atoms with Crippen molar-refractivity contribution in [3.63, 3.8) is 0 Å². The highest BCUT2D eigenvalue weighted by Gasteiger charge is 2.29. The van der Waals surface area contributed by atoms with Crippen molar-refractivity contribution < 1.29 is 9.90 Å². The van der Waals surface area contributed by atoms with E-state index in [1.807, 2.05) is 12.1 Å². The zero-order chi connectivity index (χ0) is 11.7. The van der Waals surface area contributed by atoms with E-state index in [0.29, 0.717) is 25.2 Å². The quantitative estimate of drug-likeness (QED) is 0.800. The van der Waals surface area contributed by atoms with Gasteiger partial charge in [0.15, 0.2) is 0 Å². The lowest BCUT2D eigenvalue weighted by Crippen LogP contribution is -2.29. The van der Waals surface area contributed by atoms with Gasteiger partial charge in [0.1, 0.15) is 6.10 Å². The van der Waals surface area contributed by atoms with Gasteiger partial charge in [0.25, 0.3) is 5.91 Å². The second-order valence-electron chi connectivity index (χ2n) is 3.91. The Morgan fingerprint density at radius 3 is 2.94 bits per heavy atom. The Hall–Kier alpha value is -1.07. The van der Waals surface area contributed by atoms with E-state index in [9.17, 15) is 9.90 Å². The van der Waals surface area contributed by atoms with Crippen molar-refractivity contribution in [2.45, 2.75) is 19.1 Å². The molecular formula is C11H13BrN2O2. The van der Waals surface area contributed by atoms with Gasteiger partial charge in [-0.25, -0.2) is 0 Å². The van der Waals surface area contributed by atoms with E-state index in [1.165, 1.54) is 0 Å². The lowest BCUT2D eigenvalue weighted by Gasteiger charge is -2.17. The highest BCUT2D eigenvalue weighted by atomic mass is 79.9. The number of nitrogens with zero attached hydrogens (tertiary/aromatic N) is 1. The summed E-state index contributed by atoms with van der Waals surface area (Å²) in [6.45, 7) is 1.05. The van der Waals surface area contributed by atoms with E-state index in [4.69, 9.17) is 5.73 Å². The number of hydrogen-bond acceptors (Lipinski definition) is 3. The van der Waals surface area contributed by atoms with Gasteiger partial charge < -0.3 is 15.7 Å². The van der Waals surface area contributed by atoms with Crippen molar-refractivity contribution in [1.82, 2.24) is 4.90 Å². The van der Waals surface area contributed by atoms with Gasteiger partial charge in [-0.15, -0.1) is 0 Å². The molecule has 1 heterocycles. The molecule has 1 aliphatic heterocycles. The third-order valence-corrected chi connectivity index (χ3v) is 3.23. The molecule has 86 valence electrons. The number of amides is 1. The molecule has 1 fully saturated rings. The molecule has 0 aromatic heterocycles. The largest absolute Gasteiger partial charge is 0.398 e. The second-order valence-corrected chi connectivity index (χ2v) is 4.82. The number of nitrogen functional groups attached to an aromatic ring is 1. The second kappa shape index (κ2) is 4.43. The fraction of sp³-hybridized carbons (Fsp3) is 0.364. The number of aliphatic hydroxyl groups excluding tert-OH is 1. The third-order valence-electron chi connectivity index (χ3n) is 2.74. The Morgan fingerprint density at radius 1 is 1.56 bits per heavy atom. The highest BCUT2D eigenvalue weighted by molar-refractivity contribution is 9.10. The summed E-state index contributed by atoms with van der Waals surface area (Å²) in [7, 11) is 0. The number of anilines is 1. The predicted molar refractivity (Wildman–Crippen MR) is 64.6 cm³/mol. The molecule has 5 heteroatoms. The Morgan fingerprint density at radius 2 is 2.31 bits per heavy atom. The van der Waals surface area contributed by atoms with Crippen LogP contribution >= 0.6 is 15.9 Å². The van der Waals surface area contributed by atoms with Crippen LogP contribution in [0.1, 0.15) is 12.0 Å². The van der Waals surface area contributed by atoms with Gasteiger partial charge in [-0.1, -0.05) is 15.9 Å². The number of nitrogens with two attached hydrogens (primary N) is 1. The molecule has 0 bridgehead atoms. The average molecular weight is 285 g/mol. The minimum atomic E-state index is -0.839. The fourth-order valence-corrected chi connectivity index (χ4v) is 2.20. The van der Waals surface area contributed by atoms with Crippen LogP contribution in [0.2, 0.25) is 0 Å². The van der Waals surface area contributed by atoms with Crippen LogP contribution < -0.4 is 5.73 Å². The lowest BCUT2D eigenvalue weighted by atomic mass is 10.2. The molecule has 1 saturated heterocycles. The first kappa shape index (κ1) is 11.4. The lowest BCUT2D eigenvalue weighted by molar-refractivity contribution is -0.134. The summed E-state index contributed by atoms with van der Waals surface area (Å²) in [4.78, 5) is 13.2. The van der Waals surface area contributed by atoms with E-state index in [-0.39, 0.29) is 5.91 Å². The Kier molecular flexibility index (Phi) is 3.16. The molecule has 3 N–H and O–H groups in total. The Balaban J connectivity index is 2.15. The fourth-order valence-electron chi connectivity index (χ4n) is 1.80. The van der Waals surface area contributed by atoms with Crippen molar-refractivity contribution in [2.75, 3.05) is 12.3 Å². The summed E-state index contributed by atoms with van der Waals surface area (Å²) in [6, 6.07) is 5.56. The zero-order valence-electron chi connectivity index (χ0n) is 8.69. The minimum absolute atomic E-state index is 0.209. The molecule has 1 aromatic rings. The minimum Gasteiger partial charge on any atom is -0.398 e. The van der Waals surface area contributed by atoms with Crippen LogP contribution in [0.4, 0.5) is 5.69 Å². The maximum Gasteiger partial charge on any atom is 0.251 e. The molecule has 16 heavy (non-hydrogen) atoms. The first-order chi connectivity index (χ1) is 7.58. The van der Waals surface area contributed by atoms with Crippen LogP contribution in [0.3, 0.4) is 0 Å². The molecule has 0 radical (unpaired) electrons. The standard InChI is InChI=1S/C11H13BrN2O2/c12-8-1-2-9(13)7(5-8)6-14-4-3-10(15)11(14)16/h1-2,5,10,15H,3-4,6,13H2/t10-/m0/s1. The Labute approximate surface area is 102 Å². The number of carbonyl (C=O) groups excluding carboxylic acids is 1. The van der Waals surface area contributed by atoms with Crippen molar-refractivity contribution in [3.05, 3.63) is 28.2 Å². The van der Waals surface area contributed by atoms with Gasteiger partial charge in [0.2, 0.25) is 0 Å². The third kappa shape index (κ3) is 2.20. The first-order valence-electron chi connectivity index (χ1n) is 5.08. The van der Waals surface area contributed by atoms with E-state index < -0.39 is 6.10 Å². The summed E-state index contributed by atoms with van der Waals surface area (Å²) in [5.74, 6) is -0.209. The highest BCUT2D eigenvalue weighted by Crippen LogP contribution is 2.22. The van der Waals surface area contributed by atoms with E-state index in [1.54, 1.807) is 11.0 Å². The van der Waals surface area contributed by atoms with E-state index >= 15 is 0 Å². The molecule has 2 rings (SSSR count). The van der Waals surface area contributed by atoms with Crippen LogP contribution in [-0.4, -0.2) is 28.6 Å². The van der Waals surface area contributed by atoms with Crippen LogP contribution in [0.5, 0.6) is 0 Å². The van der Waals surface area contributed by atoms with Gasteiger partial charge in [0, 0.05) is 23.2 Å². The number of aliphatic hydroxyl groups is 1. The van der Waals surface area contributed by atoms with Crippen LogP contribution in [0, 0.1) is 0 Å². The van der Waals surface area contributed by atoms with Gasteiger partial charge in [-0.2, -0.15) is 0 Å². The smallest absolute Gasteiger partial charge is 0.251 e. The molecule has 1 atom stereocenters. The van der Waals surface area contributed by atoms with Gasteiger partial charge in [0.05, 0.1) is 0 Å². The number of carbonyl (C=O) groups is 1.